The van der Waals surface area contributed by atoms with Gasteiger partial charge in [-0.05, 0) is 36.1 Å². The fourth-order valence-corrected chi connectivity index (χ4v) is 5.62. The highest BCUT2D eigenvalue weighted by Gasteiger charge is 2.30. The first-order valence-electron chi connectivity index (χ1n) is 10.2. The zero-order valence-corrected chi connectivity index (χ0v) is 19.0. The number of aryl methyl sites for hydroxylation is 2. The molecule has 162 valence electrons. The van der Waals surface area contributed by atoms with Crippen molar-refractivity contribution in [2.24, 2.45) is 0 Å². The monoisotopic (exact) mass is 449 g/mol. The number of amides is 1. The van der Waals surface area contributed by atoms with Crippen LogP contribution in [0.3, 0.4) is 0 Å². The Bertz CT molecular complexity index is 980. The zero-order valence-electron chi connectivity index (χ0n) is 17.4. The molecule has 8 heteroatoms. The van der Waals surface area contributed by atoms with Crippen LogP contribution in [0.4, 0.5) is 5.69 Å². The summed E-state index contributed by atoms with van der Waals surface area (Å²) >= 11 is 6.08. The second kappa shape index (κ2) is 9.92. The second-order valence-corrected chi connectivity index (χ2v) is 9.63. The summed E-state index contributed by atoms with van der Waals surface area (Å²) < 4.78 is 27.2. The lowest BCUT2D eigenvalue weighted by molar-refractivity contribution is -0.117. The summed E-state index contributed by atoms with van der Waals surface area (Å²) in [5.41, 5.74) is 3.16. The highest BCUT2D eigenvalue weighted by molar-refractivity contribution is 7.89. The average molecular weight is 450 g/mol. The zero-order chi connectivity index (χ0) is 21.7. The van der Waals surface area contributed by atoms with Crippen LogP contribution in [-0.2, 0) is 27.7 Å². The number of rotatable bonds is 7. The number of carbonyl (C=O) groups is 1. The Morgan fingerprint density at radius 1 is 0.967 bits per heavy atom. The van der Waals surface area contributed by atoms with Gasteiger partial charge < -0.3 is 5.32 Å². The van der Waals surface area contributed by atoms with E-state index >= 15 is 0 Å². The number of halogens is 1. The number of para-hydroxylation sites is 1. The van der Waals surface area contributed by atoms with Crippen LogP contribution in [0.15, 0.2) is 47.4 Å². The van der Waals surface area contributed by atoms with Gasteiger partial charge in [0.25, 0.3) is 0 Å². The van der Waals surface area contributed by atoms with Gasteiger partial charge in [-0.15, -0.1) is 0 Å². The molecule has 1 N–H and O–H groups in total. The topological polar surface area (TPSA) is 69.7 Å². The number of nitrogens with zero attached hydrogens (tertiary/aromatic N) is 2. The molecular formula is C22H28ClN3O3S. The number of piperazine rings is 1. The number of hydrogen-bond acceptors (Lipinski definition) is 4. The minimum atomic E-state index is -3.64. The quantitative estimate of drug-likeness (QED) is 0.703. The van der Waals surface area contributed by atoms with Crippen LogP contribution in [-0.4, -0.2) is 56.3 Å². The van der Waals surface area contributed by atoms with Crippen molar-refractivity contribution < 1.29 is 13.2 Å². The smallest absolute Gasteiger partial charge is 0.244 e. The van der Waals surface area contributed by atoms with Gasteiger partial charge in [-0.3, -0.25) is 9.69 Å². The Balaban J connectivity index is 1.60. The summed E-state index contributed by atoms with van der Waals surface area (Å²) in [7, 11) is -3.64. The Kier molecular flexibility index (Phi) is 7.52. The molecule has 2 aromatic rings. The molecule has 0 bridgehead atoms. The van der Waals surface area contributed by atoms with Gasteiger partial charge in [0.1, 0.15) is 4.90 Å². The van der Waals surface area contributed by atoms with Gasteiger partial charge in [-0.2, -0.15) is 4.31 Å². The van der Waals surface area contributed by atoms with Crippen molar-refractivity contribution in [2.45, 2.75) is 31.6 Å². The number of hydrogen-bond donors (Lipinski definition) is 1. The first-order chi connectivity index (χ1) is 14.4. The van der Waals surface area contributed by atoms with Crippen LogP contribution in [0.2, 0.25) is 5.02 Å². The van der Waals surface area contributed by atoms with Gasteiger partial charge in [0.15, 0.2) is 0 Å². The molecule has 2 aromatic carbocycles. The second-order valence-electron chi connectivity index (χ2n) is 7.32. The Labute approximate surface area is 183 Å². The molecular weight excluding hydrogens is 422 g/mol. The van der Waals surface area contributed by atoms with E-state index in [2.05, 4.69) is 19.2 Å². The van der Waals surface area contributed by atoms with Gasteiger partial charge in [0.2, 0.25) is 15.9 Å². The van der Waals surface area contributed by atoms with E-state index in [1.807, 2.05) is 23.1 Å². The Hall–Kier alpha value is -1.93. The molecule has 3 rings (SSSR count). The Morgan fingerprint density at radius 2 is 1.57 bits per heavy atom. The molecule has 30 heavy (non-hydrogen) atoms. The predicted octanol–water partition coefficient (Wildman–Crippen LogP) is 3.41. The largest absolute Gasteiger partial charge is 0.324 e. The third-order valence-electron chi connectivity index (χ3n) is 5.42. The van der Waals surface area contributed by atoms with Crippen LogP contribution in [0.1, 0.15) is 25.0 Å². The van der Waals surface area contributed by atoms with Crippen molar-refractivity contribution in [3.8, 4) is 0 Å². The minimum Gasteiger partial charge on any atom is -0.324 e. The van der Waals surface area contributed by atoms with E-state index in [0.29, 0.717) is 26.2 Å². The molecule has 0 saturated carbocycles. The van der Waals surface area contributed by atoms with Crippen molar-refractivity contribution in [3.63, 3.8) is 0 Å². The van der Waals surface area contributed by atoms with E-state index in [9.17, 15) is 13.2 Å². The van der Waals surface area contributed by atoms with Gasteiger partial charge in [0.05, 0.1) is 11.6 Å². The molecule has 1 saturated heterocycles. The summed E-state index contributed by atoms with van der Waals surface area (Å²) in [4.78, 5) is 14.8. The van der Waals surface area contributed by atoms with E-state index in [4.69, 9.17) is 11.6 Å². The fourth-order valence-electron chi connectivity index (χ4n) is 3.71. The van der Waals surface area contributed by atoms with Crippen LogP contribution < -0.4 is 5.32 Å². The highest BCUT2D eigenvalue weighted by Crippen LogP contribution is 2.25. The third-order valence-corrected chi connectivity index (χ3v) is 7.81. The number of carbonyl (C=O) groups excluding carboxylic acids is 1. The lowest BCUT2D eigenvalue weighted by Gasteiger charge is -2.33. The SMILES string of the molecule is CCc1cccc(CC)c1NC(=O)CN1CCN(S(=O)(=O)c2ccccc2Cl)CC1. The van der Waals surface area contributed by atoms with Crippen molar-refractivity contribution in [1.82, 2.24) is 9.21 Å². The molecule has 0 aromatic heterocycles. The molecule has 0 aliphatic carbocycles. The molecule has 1 fully saturated rings. The molecule has 1 aliphatic rings. The molecule has 1 aliphatic heterocycles. The lowest BCUT2D eigenvalue weighted by atomic mass is 10.0. The summed E-state index contributed by atoms with van der Waals surface area (Å²) in [6.45, 7) is 6.02. The molecule has 0 radical (unpaired) electrons. The van der Waals surface area contributed by atoms with E-state index in [1.54, 1.807) is 18.2 Å². The molecule has 6 nitrogen and oxygen atoms in total. The highest BCUT2D eigenvalue weighted by atomic mass is 35.5. The molecule has 0 spiro atoms. The summed E-state index contributed by atoms with van der Waals surface area (Å²) in [5, 5.41) is 3.30. The van der Waals surface area contributed by atoms with E-state index < -0.39 is 10.0 Å². The van der Waals surface area contributed by atoms with Crippen LogP contribution in [0.25, 0.3) is 0 Å². The maximum atomic E-state index is 12.9. The molecule has 1 heterocycles. The fraction of sp³-hybridized carbons (Fsp3) is 0.409. The van der Waals surface area contributed by atoms with Crippen molar-refractivity contribution in [1.29, 1.82) is 0 Å². The predicted molar refractivity (Wildman–Crippen MR) is 120 cm³/mol. The van der Waals surface area contributed by atoms with Crippen LogP contribution in [0, 0.1) is 0 Å². The maximum Gasteiger partial charge on any atom is 0.244 e. The van der Waals surface area contributed by atoms with Crippen molar-refractivity contribution in [3.05, 3.63) is 58.6 Å². The number of sulfonamides is 1. The maximum absolute atomic E-state index is 12.9. The standard InChI is InChI=1S/C22H28ClN3O3S/c1-3-17-8-7-9-18(4-2)22(17)24-21(27)16-25-12-14-26(15-13-25)30(28,29)20-11-6-5-10-19(20)23/h5-11H,3-4,12-16H2,1-2H3,(H,24,27). The van der Waals surface area contributed by atoms with Crippen LogP contribution in [0.5, 0.6) is 0 Å². The van der Waals surface area contributed by atoms with Crippen molar-refractivity contribution in [2.75, 3.05) is 38.0 Å². The van der Waals surface area contributed by atoms with Crippen molar-refractivity contribution >= 4 is 33.2 Å². The van der Waals surface area contributed by atoms with Gasteiger partial charge >= 0.3 is 0 Å². The van der Waals surface area contributed by atoms with Crippen LogP contribution >= 0.6 is 11.6 Å². The molecule has 0 atom stereocenters. The Morgan fingerprint density at radius 3 is 2.13 bits per heavy atom. The molecule has 0 unspecified atom stereocenters. The van der Waals surface area contributed by atoms with Gasteiger partial charge in [0, 0.05) is 31.9 Å². The first kappa shape index (κ1) is 22.7. The normalized spacial score (nSPS) is 15.8. The van der Waals surface area contributed by atoms with Gasteiger partial charge in [-0.25, -0.2) is 8.42 Å². The van der Waals surface area contributed by atoms with E-state index in [-0.39, 0.29) is 22.4 Å². The first-order valence-corrected chi connectivity index (χ1v) is 12.1. The summed E-state index contributed by atoms with van der Waals surface area (Å²) in [6.07, 6.45) is 1.70. The average Bonchev–Trinajstić information content (AvgIpc) is 2.74. The number of benzene rings is 2. The lowest BCUT2D eigenvalue weighted by Crippen LogP contribution is -2.50. The number of anilines is 1. The number of nitrogens with one attached hydrogen (secondary N) is 1. The van der Waals surface area contributed by atoms with E-state index in [0.717, 1.165) is 29.7 Å². The molecule has 1 amide bonds. The minimum absolute atomic E-state index is 0.0759. The van der Waals surface area contributed by atoms with Gasteiger partial charge in [-0.1, -0.05) is 55.8 Å². The van der Waals surface area contributed by atoms with E-state index in [1.165, 1.54) is 10.4 Å². The third kappa shape index (κ3) is 5.03. The summed E-state index contributed by atoms with van der Waals surface area (Å²) in [6, 6.07) is 12.6. The summed E-state index contributed by atoms with van der Waals surface area (Å²) in [5.74, 6) is -0.0759.